The van der Waals surface area contributed by atoms with Crippen LogP contribution in [0.1, 0.15) is 58.1 Å². The molecule has 1 aliphatic rings. The van der Waals surface area contributed by atoms with Crippen molar-refractivity contribution in [2.45, 2.75) is 49.2 Å². The van der Waals surface area contributed by atoms with Crippen LogP contribution in [0.15, 0.2) is 83.4 Å². The summed E-state index contributed by atoms with van der Waals surface area (Å²) in [7, 11) is 0. The van der Waals surface area contributed by atoms with Gasteiger partial charge in [0.2, 0.25) is 5.91 Å². The fourth-order valence-corrected chi connectivity index (χ4v) is 7.64. The summed E-state index contributed by atoms with van der Waals surface area (Å²) < 4.78 is 0. The van der Waals surface area contributed by atoms with Gasteiger partial charge in [0.15, 0.2) is 0 Å². The van der Waals surface area contributed by atoms with Crippen LogP contribution in [0.25, 0.3) is 6.08 Å². The second-order valence-electron chi connectivity index (χ2n) is 10.5. The molecule has 1 aromatic heterocycles. The van der Waals surface area contributed by atoms with E-state index < -0.39 is 17.1 Å². The zero-order valence-corrected chi connectivity index (χ0v) is 28.0. The van der Waals surface area contributed by atoms with E-state index in [9.17, 15) is 19.6 Å². The molecule has 0 fully saturated rings. The van der Waals surface area contributed by atoms with Crippen LogP contribution in [-0.4, -0.2) is 23.0 Å². The Bertz CT molecular complexity index is 1850. The molecule has 1 heterocycles. The number of fused-ring (bicyclic) bond motifs is 1. The van der Waals surface area contributed by atoms with Crippen LogP contribution in [0.5, 0.6) is 0 Å². The minimum atomic E-state index is -0.571. The highest BCUT2D eigenvalue weighted by molar-refractivity contribution is 8.00. The van der Waals surface area contributed by atoms with Crippen molar-refractivity contribution in [3.63, 3.8) is 0 Å². The van der Waals surface area contributed by atoms with E-state index in [1.807, 2.05) is 13.0 Å². The molecule has 11 heteroatoms. The zero-order chi connectivity index (χ0) is 32.6. The smallest absolute Gasteiger partial charge is 0.272 e. The van der Waals surface area contributed by atoms with Crippen LogP contribution in [0.3, 0.4) is 0 Å². The number of aryl methyl sites for hydroxylation is 1. The van der Waals surface area contributed by atoms with Gasteiger partial charge >= 0.3 is 0 Å². The molecule has 1 atom stereocenters. The summed E-state index contributed by atoms with van der Waals surface area (Å²) in [5, 5.41) is 19.1. The predicted molar refractivity (Wildman–Crippen MR) is 188 cm³/mol. The summed E-state index contributed by atoms with van der Waals surface area (Å²) in [6.07, 6.45) is 5.98. The third-order valence-electron chi connectivity index (χ3n) is 7.36. The average Bonchev–Trinajstić information content (AvgIpc) is 3.42. The molecule has 234 valence electrons. The first kappa shape index (κ1) is 33.3. The minimum absolute atomic E-state index is 0.0335. The molecule has 5 rings (SSSR count). The number of anilines is 2. The molecule has 3 amide bonds. The second kappa shape index (κ2) is 15.5. The van der Waals surface area contributed by atoms with E-state index in [4.69, 9.17) is 23.2 Å². The van der Waals surface area contributed by atoms with Gasteiger partial charge in [-0.1, -0.05) is 66.5 Å². The highest BCUT2D eigenvalue weighted by Gasteiger charge is 2.25. The van der Waals surface area contributed by atoms with E-state index in [2.05, 4.69) is 22.0 Å². The van der Waals surface area contributed by atoms with Crippen molar-refractivity contribution >= 4 is 80.8 Å². The van der Waals surface area contributed by atoms with Crippen LogP contribution in [0.2, 0.25) is 10.0 Å². The first-order valence-corrected chi connectivity index (χ1v) is 17.2. The number of amides is 3. The van der Waals surface area contributed by atoms with Gasteiger partial charge in [0.1, 0.15) is 16.8 Å². The molecule has 1 unspecified atom stereocenters. The lowest BCUT2D eigenvalue weighted by molar-refractivity contribution is -0.116. The predicted octanol–water partition coefficient (Wildman–Crippen LogP) is 8.72. The van der Waals surface area contributed by atoms with E-state index in [1.165, 1.54) is 34.1 Å². The van der Waals surface area contributed by atoms with Crippen molar-refractivity contribution in [1.82, 2.24) is 5.32 Å². The summed E-state index contributed by atoms with van der Waals surface area (Å²) in [4.78, 5) is 41.9. The first-order chi connectivity index (χ1) is 22.3. The van der Waals surface area contributed by atoms with E-state index in [-0.39, 0.29) is 16.6 Å². The number of nitriles is 1. The molecule has 0 saturated carbocycles. The number of rotatable bonds is 10. The number of carbonyl (C=O) groups is 3. The van der Waals surface area contributed by atoms with Gasteiger partial charge in [0.25, 0.3) is 11.8 Å². The molecule has 0 saturated heterocycles. The summed E-state index contributed by atoms with van der Waals surface area (Å²) in [5.41, 5.74) is 2.93. The summed E-state index contributed by atoms with van der Waals surface area (Å²) in [6, 6.07) is 23.0. The molecule has 1 aliphatic carbocycles. The molecule has 4 aromatic rings. The van der Waals surface area contributed by atoms with E-state index in [0.29, 0.717) is 38.8 Å². The SMILES string of the molecule is CCC(Sc1cccc(NC(=O)/C(=C\c2cccc(Cl)c2Cl)NC(=O)c2ccccc2)c1)C(=O)Nc1sc2c(c1C#N)CCCC2. The fourth-order valence-electron chi connectivity index (χ4n) is 5.03. The third-order valence-corrected chi connectivity index (χ3v) is 10.8. The number of halogens is 2. The lowest BCUT2D eigenvalue weighted by Gasteiger charge is -2.16. The molecule has 0 radical (unpaired) electrons. The Labute approximate surface area is 286 Å². The van der Waals surface area contributed by atoms with Crippen molar-refractivity contribution in [2.75, 3.05) is 10.6 Å². The number of benzene rings is 3. The maximum Gasteiger partial charge on any atom is 0.272 e. The van der Waals surface area contributed by atoms with Crippen LogP contribution < -0.4 is 16.0 Å². The van der Waals surface area contributed by atoms with Crippen LogP contribution >= 0.6 is 46.3 Å². The molecular weight excluding hydrogens is 659 g/mol. The average molecular weight is 690 g/mol. The van der Waals surface area contributed by atoms with Gasteiger partial charge in [0.05, 0.1) is 20.9 Å². The number of nitrogens with zero attached hydrogens (tertiary/aromatic N) is 1. The van der Waals surface area contributed by atoms with E-state index in [1.54, 1.807) is 66.7 Å². The van der Waals surface area contributed by atoms with Gasteiger partial charge in [-0.3, -0.25) is 14.4 Å². The molecule has 0 bridgehead atoms. The molecule has 46 heavy (non-hydrogen) atoms. The highest BCUT2D eigenvalue weighted by atomic mass is 35.5. The van der Waals surface area contributed by atoms with Gasteiger partial charge in [-0.25, -0.2) is 0 Å². The molecule has 3 N–H and O–H groups in total. The Kier molecular flexibility index (Phi) is 11.2. The van der Waals surface area contributed by atoms with Gasteiger partial charge in [-0.05, 0) is 85.7 Å². The maximum absolute atomic E-state index is 13.6. The lowest BCUT2D eigenvalue weighted by atomic mass is 9.96. The highest BCUT2D eigenvalue weighted by Crippen LogP contribution is 2.38. The van der Waals surface area contributed by atoms with Gasteiger partial charge in [0, 0.05) is 21.0 Å². The number of carbonyl (C=O) groups excluding carboxylic acids is 3. The van der Waals surface area contributed by atoms with Gasteiger partial charge in [-0.15, -0.1) is 23.1 Å². The molecular formula is C35H30Cl2N4O3S2. The Morgan fingerprint density at radius 3 is 2.52 bits per heavy atom. The van der Waals surface area contributed by atoms with Crippen LogP contribution in [0, 0.1) is 11.3 Å². The molecule has 3 aromatic carbocycles. The van der Waals surface area contributed by atoms with Crippen molar-refractivity contribution < 1.29 is 14.4 Å². The van der Waals surface area contributed by atoms with Crippen molar-refractivity contribution in [1.29, 1.82) is 5.26 Å². The molecule has 0 spiro atoms. The normalized spacial score (nSPS) is 13.2. The van der Waals surface area contributed by atoms with Crippen LogP contribution in [-0.2, 0) is 22.4 Å². The quantitative estimate of drug-likeness (QED) is 0.114. The Hall–Kier alpha value is -4.07. The topological polar surface area (TPSA) is 111 Å². The van der Waals surface area contributed by atoms with Gasteiger partial charge < -0.3 is 16.0 Å². The summed E-state index contributed by atoms with van der Waals surface area (Å²) in [6.45, 7) is 1.93. The summed E-state index contributed by atoms with van der Waals surface area (Å²) >= 11 is 15.5. The maximum atomic E-state index is 13.6. The molecule has 7 nitrogen and oxygen atoms in total. The number of thioether (sulfide) groups is 1. The van der Waals surface area contributed by atoms with E-state index >= 15 is 0 Å². The Balaban J connectivity index is 1.32. The van der Waals surface area contributed by atoms with Gasteiger partial charge in [-0.2, -0.15) is 5.26 Å². The van der Waals surface area contributed by atoms with E-state index in [0.717, 1.165) is 36.1 Å². The first-order valence-electron chi connectivity index (χ1n) is 14.7. The summed E-state index contributed by atoms with van der Waals surface area (Å²) in [5.74, 6) is -1.21. The Morgan fingerprint density at radius 1 is 1.00 bits per heavy atom. The zero-order valence-electron chi connectivity index (χ0n) is 24.9. The van der Waals surface area contributed by atoms with Crippen LogP contribution in [0.4, 0.5) is 10.7 Å². The number of hydrogen-bond donors (Lipinski definition) is 3. The minimum Gasteiger partial charge on any atom is -0.321 e. The lowest BCUT2D eigenvalue weighted by Crippen LogP contribution is -2.30. The fraction of sp³-hybridized carbons (Fsp3) is 0.200. The van der Waals surface area contributed by atoms with Crippen molar-refractivity contribution in [3.8, 4) is 6.07 Å². The number of thiophene rings is 1. The van der Waals surface area contributed by atoms with Crippen molar-refractivity contribution in [2.24, 2.45) is 0 Å². The second-order valence-corrected chi connectivity index (χ2v) is 13.7. The Morgan fingerprint density at radius 2 is 1.76 bits per heavy atom. The van der Waals surface area contributed by atoms with Crippen molar-refractivity contribution in [3.05, 3.63) is 116 Å². The standard InChI is InChI=1S/C35H30Cl2N4O3S2/c1-2-29(34(44)41-35-26(20-38)25-15-6-7-17-30(25)46-35)45-24-14-9-13-23(19-24)39-33(43)28(18-22-12-8-16-27(36)31(22)37)40-32(42)21-10-4-3-5-11-21/h3-5,8-14,16,18-19,29H,2,6-7,15,17H2,1H3,(H,39,43)(H,40,42)(H,41,44)/b28-18+. The number of nitrogens with one attached hydrogen (secondary N) is 3. The largest absolute Gasteiger partial charge is 0.321 e. The monoisotopic (exact) mass is 688 g/mol. The molecule has 0 aliphatic heterocycles. The number of hydrogen-bond acceptors (Lipinski definition) is 6. The third kappa shape index (κ3) is 8.01.